The lowest BCUT2D eigenvalue weighted by Gasteiger charge is -2.39. The summed E-state index contributed by atoms with van der Waals surface area (Å²) in [6.07, 6.45) is -1.24. The van der Waals surface area contributed by atoms with Gasteiger partial charge in [0.1, 0.15) is 34.7 Å². The zero-order chi connectivity index (χ0) is 47.4. The molecule has 1 saturated heterocycles. The zero-order valence-corrected chi connectivity index (χ0v) is 41.3. The first kappa shape index (κ1) is 50.1. The van der Waals surface area contributed by atoms with E-state index in [-0.39, 0.29) is 31.7 Å². The number of aromatic nitrogens is 4. The predicted molar refractivity (Wildman–Crippen MR) is 261 cm³/mol. The topological polar surface area (TPSA) is 150 Å². The Morgan fingerprint density at radius 2 is 1.42 bits per heavy atom. The third kappa shape index (κ3) is 11.8. The molecule has 14 nitrogen and oxygen atoms in total. The number of benzene rings is 3. The number of anilines is 2. The standard InChI is InChI=1S/C51H67N8O6P/c1-12-17-43-47-48(53-31-34(2)3)55-50(54-32-35(4)5)56-49(47)58(57-43)46-30-44(65-66(63-29-16-28-52)59(36(6)7)37(8)9)45(64-46)33-62-51(38-18-14-13-15-19-38,39-20-24-41(60-10)25-21-39)40-22-26-42(61-11)27-23-40/h13-15,18-27,34-37,44-46H,16,29-33H2,1-11H3,(H2,53,54,55,56)/t44-,45+,46+,66?/m0/s1. The maximum atomic E-state index is 9.53. The Morgan fingerprint density at radius 1 is 0.833 bits per heavy atom. The van der Waals surface area contributed by atoms with Crippen molar-refractivity contribution in [1.82, 2.24) is 24.4 Å². The van der Waals surface area contributed by atoms with Crippen LogP contribution >= 0.6 is 8.53 Å². The van der Waals surface area contributed by atoms with E-state index in [0.717, 1.165) is 33.6 Å². The fourth-order valence-corrected chi connectivity index (χ4v) is 9.81. The van der Waals surface area contributed by atoms with Crippen molar-refractivity contribution < 1.29 is 28.0 Å². The van der Waals surface area contributed by atoms with E-state index in [2.05, 4.69) is 101 Å². The van der Waals surface area contributed by atoms with Gasteiger partial charge in [0.25, 0.3) is 8.53 Å². The molecule has 4 atom stereocenters. The molecule has 66 heavy (non-hydrogen) atoms. The highest BCUT2D eigenvalue weighted by Gasteiger charge is 2.46. The molecule has 1 aliphatic heterocycles. The van der Waals surface area contributed by atoms with E-state index in [1.54, 1.807) is 21.1 Å². The molecule has 0 spiro atoms. The minimum Gasteiger partial charge on any atom is -0.497 e. The third-order valence-corrected chi connectivity index (χ3v) is 13.3. The number of fused-ring (bicyclic) bond motifs is 1. The van der Waals surface area contributed by atoms with Crippen LogP contribution in [0.4, 0.5) is 11.8 Å². The molecule has 0 saturated carbocycles. The highest BCUT2D eigenvalue weighted by molar-refractivity contribution is 7.44. The van der Waals surface area contributed by atoms with E-state index in [1.165, 1.54) is 0 Å². The minimum absolute atomic E-state index is 0.0809. The van der Waals surface area contributed by atoms with Gasteiger partial charge in [-0.2, -0.15) is 20.3 Å². The summed E-state index contributed by atoms with van der Waals surface area (Å²) in [4.78, 5) is 10.0. The molecule has 6 rings (SSSR count). The zero-order valence-electron chi connectivity index (χ0n) is 40.4. The molecule has 2 N–H and O–H groups in total. The maximum absolute atomic E-state index is 9.53. The summed E-state index contributed by atoms with van der Waals surface area (Å²) in [7, 11) is 1.65. The van der Waals surface area contributed by atoms with Gasteiger partial charge in [-0.15, -0.1) is 0 Å². The number of rotatable bonds is 23. The molecule has 2 aromatic heterocycles. The van der Waals surface area contributed by atoms with Gasteiger partial charge in [0.05, 0.1) is 51.4 Å². The van der Waals surface area contributed by atoms with E-state index >= 15 is 0 Å². The van der Waals surface area contributed by atoms with Crippen molar-refractivity contribution in [3.8, 4) is 29.4 Å². The summed E-state index contributed by atoms with van der Waals surface area (Å²) in [5, 5.41) is 22.4. The Balaban J connectivity index is 1.51. The van der Waals surface area contributed by atoms with Gasteiger partial charge in [0.15, 0.2) is 11.9 Å². The van der Waals surface area contributed by atoms with Crippen LogP contribution in [0.25, 0.3) is 11.0 Å². The minimum atomic E-state index is -1.67. The monoisotopic (exact) mass is 918 g/mol. The van der Waals surface area contributed by atoms with E-state index in [4.69, 9.17) is 43.1 Å². The Labute approximate surface area is 392 Å². The smallest absolute Gasteiger partial charge is 0.259 e. The Bertz CT molecular complexity index is 2360. The van der Waals surface area contributed by atoms with Crippen LogP contribution in [0.2, 0.25) is 0 Å². The first-order valence-electron chi connectivity index (χ1n) is 22.9. The van der Waals surface area contributed by atoms with E-state index in [9.17, 15) is 5.26 Å². The lowest BCUT2D eigenvalue weighted by molar-refractivity contribution is -0.0931. The van der Waals surface area contributed by atoms with Gasteiger partial charge in [-0.05, 0) is 93.3 Å². The maximum Gasteiger partial charge on any atom is 0.259 e. The summed E-state index contributed by atoms with van der Waals surface area (Å²) in [5.41, 5.74) is 2.70. The molecule has 0 amide bonds. The van der Waals surface area contributed by atoms with Gasteiger partial charge in [0, 0.05) is 31.6 Å². The van der Waals surface area contributed by atoms with Crippen molar-refractivity contribution in [2.75, 3.05) is 51.2 Å². The average Bonchev–Trinajstić information content (AvgIpc) is 3.88. The molecule has 3 aromatic carbocycles. The third-order valence-electron chi connectivity index (χ3n) is 11.1. The second kappa shape index (κ2) is 23.4. The van der Waals surface area contributed by atoms with Crippen LogP contribution in [-0.4, -0.2) is 89.2 Å². The largest absolute Gasteiger partial charge is 0.497 e. The second-order valence-corrected chi connectivity index (χ2v) is 19.1. The van der Waals surface area contributed by atoms with Crippen LogP contribution in [0.3, 0.4) is 0 Å². The van der Waals surface area contributed by atoms with Crippen LogP contribution in [0.5, 0.6) is 11.5 Å². The highest BCUT2D eigenvalue weighted by atomic mass is 31.2. The van der Waals surface area contributed by atoms with Gasteiger partial charge in [0.2, 0.25) is 5.95 Å². The fraction of sp³-hybridized carbons (Fsp3) is 0.490. The molecular formula is C51H67N8O6P. The Hall–Kier alpha value is -5.31. The number of ether oxygens (including phenoxy) is 4. The van der Waals surface area contributed by atoms with Crippen molar-refractivity contribution in [2.24, 2.45) is 11.8 Å². The lowest BCUT2D eigenvalue weighted by atomic mass is 9.80. The molecule has 3 heterocycles. The molecule has 352 valence electrons. The number of nitrogens with one attached hydrogen (secondary N) is 2. The Kier molecular flexibility index (Phi) is 17.8. The van der Waals surface area contributed by atoms with Gasteiger partial charge in [-0.1, -0.05) is 88.2 Å². The summed E-state index contributed by atoms with van der Waals surface area (Å²) in [5.74, 6) is 9.59. The number of methoxy groups -OCH3 is 2. The molecule has 5 aromatic rings. The fourth-order valence-electron chi connectivity index (χ4n) is 8.05. The highest BCUT2D eigenvalue weighted by Crippen LogP contribution is 2.51. The number of nitriles is 1. The molecule has 0 bridgehead atoms. The van der Waals surface area contributed by atoms with Crippen LogP contribution < -0.4 is 20.1 Å². The lowest BCUT2D eigenvalue weighted by Crippen LogP contribution is -2.39. The van der Waals surface area contributed by atoms with Crippen LogP contribution in [0.1, 0.15) is 104 Å². The quantitative estimate of drug-likeness (QED) is 0.0277. The van der Waals surface area contributed by atoms with Crippen molar-refractivity contribution in [2.45, 2.75) is 111 Å². The summed E-state index contributed by atoms with van der Waals surface area (Å²) in [6, 6.07) is 28.5. The van der Waals surface area contributed by atoms with Crippen molar-refractivity contribution in [3.05, 3.63) is 101 Å². The first-order chi connectivity index (χ1) is 31.8. The van der Waals surface area contributed by atoms with Crippen molar-refractivity contribution >= 4 is 31.3 Å². The van der Waals surface area contributed by atoms with Crippen molar-refractivity contribution in [3.63, 3.8) is 0 Å². The van der Waals surface area contributed by atoms with E-state index in [0.29, 0.717) is 54.5 Å². The summed E-state index contributed by atoms with van der Waals surface area (Å²) < 4.78 is 43.6. The number of hydrogen-bond acceptors (Lipinski definition) is 13. The van der Waals surface area contributed by atoms with Gasteiger partial charge in [-0.25, -0.2) is 9.35 Å². The number of hydrogen-bond donors (Lipinski definition) is 2. The predicted octanol–water partition coefficient (Wildman–Crippen LogP) is 10.3. The molecule has 0 aliphatic carbocycles. The van der Waals surface area contributed by atoms with Crippen LogP contribution in [0, 0.1) is 35.0 Å². The van der Waals surface area contributed by atoms with Gasteiger partial charge in [-0.3, -0.25) is 0 Å². The van der Waals surface area contributed by atoms with Crippen LogP contribution in [-0.2, 0) is 24.1 Å². The summed E-state index contributed by atoms with van der Waals surface area (Å²) >= 11 is 0. The molecule has 15 heteroatoms. The molecule has 1 unspecified atom stereocenters. The Morgan fingerprint density at radius 3 is 1.97 bits per heavy atom. The number of nitrogens with zero attached hydrogens (tertiary/aromatic N) is 6. The normalized spacial score (nSPS) is 16.8. The van der Waals surface area contributed by atoms with Gasteiger partial charge < -0.3 is 38.6 Å². The average molecular weight is 919 g/mol. The SMILES string of the molecule is CC#Cc1nn([C@H]2C[C@H](OP(OCCC#N)N(C(C)C)C(C)C)[C@@H](COC(c3ccccc3)(c3ccc(OC)cc3)c3ccc(OC)cc3)O2)c2nc(NCC(C)C)nc(NCC(C)C)c12. The van der Waals surface area contributed by atoms with Crippen molar-refractivity contribution in [1.29, 1.82) is 5.26 Å². The molecule has 1 fully saturated rings. The van der Waals surface area contributed by atoms with Gasteiger partial charge >= 0.3 is 0 Å². The molecular weight excluding hydrogens is 852 g/mol. The second-order valence-electron chi connectivity index (χ2n) is 17.7. The molecule has 1 aliphatic rings. The van der Waals surface area contributed by atoms with E-state index < -0.39 is 32.6 Å². The van der Waals surface area contributed by atoms with E-state index in [1.807, 2.05) is 71.4 Å². The van der Waals surface area contributed by atoms with Crippen LogP contribution in [0.15, 0.2) is 78.9 Å². The summed E-state index contributed by atoms with van der Waals surface area (Å²) in [6.45, 7) is 20.6. The first-order valence-corrected chi connectivity index (χ1v) is 24.1. The molecule has 0 radical (unpaired) electrons.